The molecule has 1 N–H and O–H groups in total. The third-order valence-corrected chi connectivity index (χ3v) is 5.60. The van der Waals surface area contributed by atoms with E-state index in [-0.39, 0.29) is 17.2 Å². The Kier molecular flexibility index (Phi) is 5.97. The Labute approximate surface area is 156 Å². The lowest BCUT2D eigenvalue weighted by atomic mass is 9.78. The summed E-state index contributed by atoms with van der Waals surface area (Å²) in [5, 5.41) is 3.04. The minimum absolute atomic E-state index is 0.0201. The van der Waals surface area contributed by atoms with Gasteiger partial charge < -0.3 is 15.0 Å². The second kappa shape index (κ2) is 8.21. The van der Waals surface area contributed by atoms with Crippen molar-refractivity contribution in [3.8, 4) is 0 Å². The topological polar surface area (TPSA) is 58.6 Å². The Morgan fingerprint density at radius 1 is 1.04 bits per heavy atom. The number of anilines is 1. The molecular formula is C21H30N2O3. The van der Waals surface area contributed by atoms with Crippen LogP contribution in [-0.4, -0.2) is 43.0 Å². The van der Waals surface area contributed by atoms with Crippen LogP contribution in [0.25, 0.3) is 0 Å². The fraction of sp³-hybridized carbons (Fsp3) is 0.619. The summed E-state index contributed by atoms with van der Waals surface area (Å²) in [5.74, 6) is 0.195. The molecule has 26 heavy (non-hydrogen) atoms. The van der Waals surface area contributed by atoms with E-state index in [4.69, 9.17) is 4.74 Å². The molecule has 1 aromatic rings. The third kappa shape index (κ3) is 4.85. The van der Waals surface area contributed by atoms with Crippen molar-refractivity contribution in [2.24, 2.45) is 5.41 Å². The Balaban J connectivity index is 1.63. The van der Waals surface area contributed by atoms with E-state index in [1.54, 1.807) is 0 Å². The molecule has 5 heteroatoms. The van der Waals surface area contributed by atoms with E-state index in [2.05, 4.69) is 11.4 Å². The molecule has 1 saturated heterocycles. The maximum atomic E-state index is 12.7. The first kappa shape index (κ1) is 18.9. The van der Waals surface area contributed by atoms with Crippen molar-refractivity contribution in [3.05, 3.63) is 29.3 Å². The summed E-state index contributed by atoms with van der Waals surface area (Å²) in [5.41, 5.74) is 2.94. The van der Waals surface area contributed by atoms with Crippen LogP contribution in [0.4, 0.5) is 5.69 Å². The molecule has 2 fully saturated rings. The summed E-state index contributed by atoms with van der Waals surface area (Å²) in [4.78, 5) is 27.3. The van der Waals surface area contributed by atoms with Crippen LogP contribution in [0.2, 0.25) is 0 Å². The minimum Gasteiger partial charge on any atom is -0.378 e. The second-order valence-electron chi connectivity index (χ2n) is 7.98. The third-order valence-electron chi connectivity index (χ3n) is 5.60. The van der Waals surface area contributed by atoms with E-state index in [1.807, 2.05) is 30.9 Å². The van der Waals surface area contributed by atoms with Crippen molar-refractivity contribution < 1.29 is 14.3 Å². The van der Waals surface area contributed by atoms with Gasteiger partial charge >= 0.3 is 0 Å². The molecule has 1 aliphatic heterocycles. The highest BCUT2D eigenvalue weighted by Crippen LogP contribution is 2.44. The zero-order chi connectivity index (χ0) is 18.6. The molecule has 2 amide bonds. The Morgan fingerprint density at radius 2 is 1.65 bits per heavy atom. The quantitative estimate of drug-likeness (QED) is 0.877. The molecule has 1 aromatic carbocycles. The van der Waals surface area contributed by atoms with Crippen LogP contribution in [0.5, 0.6) is 0 Å². The van der Waals surface area contributed by atoms with Crippen molar-refractivity contribution in [1.29, 1.82) is 0 Å². The summed E-state index contributed by atoms with van der Waals surface area (Å²) in [6, 6.07) is 6.07. The molecule has 5 nitrogen and oxygen atoms in total. The number of nitrogens with one attached hydrogen (secondary N) is 1. The van der Waals surface area contributed by atoms with Crippen molar-refractivity contribution in [2.75, 3.05) is 31.6 Å². The summed E-state index contributed by atoms with van der Waals surface area (Å²) in [7, 11) is 0. The zero-order valence-corrected chi connectivity index (χ0v) is 16.0. The molecule has 0 radical (unpaired) electrons. The number of hydrogen-bond acceptors (Lipinski definition) is 3. The first-order valence-electron chi connectivity index (χ1n) is 9.70. The molecule has 3 rings (SSSR count). The van der Waals surface area contributed by atoms with Gasteiger partial charge in [-0.1, -0.05) is 18.9 Å². The number of amides is 2. The molecule has 2 aliphatic rings. The number of benzene rings is 1. The summed E-state index contributed by atoms with van der Waals surface area (Å²) >= 11 is 0. The predicted molar refractivity (Wildman–Crippen MR) is 102 cm³/mol. The number of nitrogens with zero attached hydrogens (tertiary/aromatic N) is 1. The number of carbonyl (C=O) groups is 2. The molecule has 0 atom stereocenters. The highest BCUT2D eigenvalue weighted by molar-refractivity contribution is 5.92. The lowest BCUT2D eigenvalue weighted by Crippen LogP contribution is -2.43. The van der Waals surface area contributed by atoms with Gasteiger partial charge in [-0.25, -0.2) is 0 Å². The lowest BCUT2D eigenvalue weighted by Gasteiger charge is -2.33. The Morgan fingerprint density at radius 3 is 2.27 bits per heavy atom. The summed E-state index contributed by atoms with van der Waals surface area (Å²) in [6.07, 6.45) is 5.04. The largest absolute Gasteiger partial charge is 0.378 e. The molecule has 0 aromatic heterocycles. The van der Waals surface area contributed by atoms with Gasteiger partial charge in [0.05, 0.1) is 13.2 Å². The van der Waals surface area contributed by atoms with Gasteiger partial charge in [0.2, 0.25) is 11.8 Å². The lowest BCUT2D eigenvalue weighted by molar-refractivity contribution is -0.138. The number of rotatable bonds is 5. The first-order chi connectivity index (χ1) is 12.5. The molecular weight excluding hydrogens is 328 g/mol. The van der Waals surface area contributed by atoms with Gasteiger partial charge in [0, 0.05) is 31.6 Å². The zero-order valence-electron chi connectivity index (χ0n) is 16.0. The van der Waals surface area contributed by atoms with E-state index in [1.165, 1.54) is 0 Å². The van der Waals surface area contributed by atoms with Crippen LogP contribution in [-0.2, 0) is 14.3 Å². The fourth-order valence-corrected chi connectivity index (χ4v) is 4.38. The van der Waals surface area contributed by atoms with E-state index >= 15 is 0 Å². The molecule has 1 aliphatic carbocycles. The van der Waals surface area contributed by atoms with Gasteiger partial charge in [-0.3, -0.25) is 9.59 Å². The number of ether oxygens (including phenoxy) is 1. The van der Waals surface area contributed by atoms with Gasteiger partial charge in [-0.15, -0.1) is 0 Å². The van der Waals surface area contributed by atoms with E-state index < -0.39 is 0 Å². The SMILES string of the molecule is Cc1cc(C)cc(NC(=O)CC2(CC(=O)N3CCOCC3)CCCC2)c1. The number of carbonyl (C=O) groups excluding carboxylic acids is 2. The molecule has 0 bridgehead atoms. The van der Waals surface area contributed by atoms with Gasteiger partial charge in [0.15, 0.2) is 0 Å². The smallest absolute Gasteiger partial charge is 0.224 e. The van der Waals surface area contributed by atoms with Crippen LogP contribution in [0, 0.1) is 19.3 Å². The maximum Gasteiger partial charge on any atom is 0.224 e. The normalized spacial score (nSPS) is 19.4. The van der Waals surface area contributed by atoms with Crippen LogP contribution in [0.15, 0.2) is 18.2 Å². The van der Waals surface area contributed by atoms with Gasteiger partial charge in [0.25, 0.3) is 0 Å². The molecule has 0 spiro atoms. The minimum atomic E-state index is -0.182. The van der Waals surface area contributed by atoms with E-state index in [0.717, 1.165) is 42.5 Å². The van der Waals surface area contributed by atoms with Crippen LogP contribution in [0.1, 0.15) is 49.7 Å². The van der Waals surface area contributed by atoms with Gasteiger partial charge in [-0.05, 0) is 55.4 Å². The highest BCUT2D eigenvalue weighted by atomic mass is 16.5. The van der Waals surface area contributed by atoms with Crippen LogP contribution >= 0.6 is 0 Å². The monoisotopic (exact) mass is 358 g/mol. The standard InChI is InChI=1S/C21H30N2O3/c1-16-11-17(2)13-18(12-16)22-19(24)14-21(5-3-4-6-21)15-20(25)23-7-9-26-10-8-23/h11-13H,3-10,14-15H2,1-2H3,(H,22,24). The number of morpholine rings is 1. The van der Waals surface area contributed by atoms with Crippen molar-refractivity contribution in [1.82, 2.24) is 4.90 Å². The predicted octanol–water partition coefficient (Wildman–Crippen LogP) is 3.44. The van der Waals surface area contributed by atoms with Crippen molar-refractivity contribution in [3.63, 3.8) is 0 Å². The van der Waals surface area contributed by atoms with E-state index in [0.29, 0.717) is 39.1 Å². The maximum absolute atomic E-state index is 12.7. The molecule has 142 valence electrons. The number of aryl methyl sites for hydroxylation is 2. The van der Waals surface area contributed by atoms with Crippen LogP contribution in [0.3, 0.4) is 0 Å². The second-order valence-corrected chi connectivity index (χ2v) is 7.98. The van der Waals surface area contributed by atoms with E-state index in [9.17, 15) is 9.59 Å². The van der Waals surface area contributed by atoms with Gasteiger partial charge in [-0.2, -0.15) is 0 Å². The summed E-state index contributed by atoms with van der Waals surface area (Å²) < 4.78 is 5.34. The van der Waals surface area contributed by atoms with Gasteiger partial charge in [0.1, 0.15) is 0 Å². The summed E-state index contributed by atoms with van der Waals surface area (Å²) in [6.45, 7) is 6.63. The average molecular weight is 358 g/mol. The van der Waals surface area contributed by atoms with Crippen molar-refractivity contribution >= 4 is 17.5 Å². The Hall–Kier alpha value is -1.88. The van der Waals surface area contributed by atoms with Crippen molar-refractivity contribution in [2.45, 2.75) is 52.4 Å². The molecule has 0 unspecified atom stereocenters. The Bertz CT molecular complexity index is 639. The first-order valence-corrected chi connectivity index (χ1v) is 9.70. The fourth-order valence-electron chi connectivity index (χ4n) is 4.38. The average Bonchev–Trinajstić information content (AvgIpc) is 3.02. The molecule has 1 saturated carbocycles. The van der Waals surface area contributed by atoms with Crippen LogP contribution < -0.4 is 5.32 Å². The molecule has 1 heterocycles. The number of hydrogen-bond donors (Lipinski definition) is 1. The highest BCUT2D eigenvalue weighted by Gasteiger charge is 2.39.